The fraction of sp³-hybridized carbons (Fsp3) is 0.263. The van der Waals surface area contributed by atoms with Crippen LogP contribution in [0.4, 0.5) is 24.5 Å². The summed E-state index contributed by atoms with van der Waals surface area (Å²) in [4.78, 5) is 53.8. The minimum absolute atomic E-state index is 0.00597. The fourth-order valence-corrected chi connectivity index (χ4v) is 5.75. The molecule has 10 nitrogen and oxygen atoms in total. The van der Waals surface area contributed by atoms with Crippen molar-refractivity contribution in [3.05, 3.63) is 119 Å². The lowest BCUT2D eigenvalue weighted by atomic mass is 10.0. The number of alkyl halides is 3. The summed E-state index contributed by atoms with van der Waals surface area (Å²) < 4.78 is 51.1. The Morgan fingerprint density at radius 3 is 2.18 bits per heavy atom. The number of methoxy groups -OCH3 is 1. The lowest BCUT2D eigenvalue weighted by Crippen LogP contribution is -2.35. The Hall–Kier alpha value is -5.85. The number of nitrogens with zero attached hydrogens (tertiary/aromatic N) is 2. The maximum atomic E-state index is 13.5. The molecule has 4 aromatic carbocycles. The van der Waals surface area contributed by atoms with E-state index < -0.39 is 48.5 Å². The van der Waals surface area contributed by atoms with Gasteiger partial charge in [0.1, 0.15) is 18.0 Å². The average molecular weight is 704 g/mol. The van der Waals surface area contributed by atoms with E-state index in [0.717, 1.165) is 42.6 Å². The number of carboxylic acids is 1. The van der Waals surface area contributed by atoms with Gasteiger partial charge in [-0.3, -0.25) is 14.4 Å². The van der Waals surface area contributed by atoms with Crippen molar-refractivity contribution in [1.29, 1.82) is 0 Å². The largest absolute Gasteiger partial charge is 0.497 e. The minimum Gasteiger partial charge on any atom is -0.497 e. The number of anilines is 2. The molecule has 0 aliphatic carbocycles. The smallest absolute Gasteiger partial charge is 0.416 e. The molecule has 2 amide bonds. The number of amides is 2. The molecule has 1 heterocycles. The van der Waals surface area contributed by atoms with E-state index in [-0.39, 0.29) is 34.9 Å². The van der Waals surface area contributed by atoms with Gasteiger partial charge >= 0.3 is 18.1 Å². The molecule has 0 atom stereocenters. The number of piperidine rings is 1. The Bertz CT molecular complexity index is 1870. The number of carbonyl (C=O) groups is 4. The number of rotatable bonds is 12. The Morgan fingerprint density at radius 1 is 0.843 bits per heavy atom. The Labute approximate surface area is 292 Å². The highest BCUT2D eigenvalue weighted by Crippen LogP contribution is 2.35. The van der Waals surface area contributed by atoms with Crippen LogP contribution in [0.3, 0.4) is 0 Å². The van der Waals surface area contributed by atoms with Crippen LogP contribution in [0.1, 0.15) is 56.7 Å². The molecule has 0 radical (unpaired) electrons. The first-order valence-corrected chi connectivity index (χ1v) is 16.2. The summed E-state index contributed by atoms with van der Waals surface area (Å²) in [5.74, 6) is -2.78. The molecule has 51 heavy (non-hydrogen) atoms. The van der Waals surface area contributed by atoms with Crippen molar-refractivity contribution in [2.45, 2.75) is 38.4 Å². The van der Waals surface area contributed by atoms with Gasteiger partial charge in [0.25, 0.3) is 5.91 Å². The second-order valence-corrected chi connectivity index (χ2v) is 12.0. The maximum absolute atomic E-state index is 13.5. The summed E-state index contributed by atoms with van der Waals surface area (Å²) in [5, 5.41) is 12.0. The normalized spacial score (nSPS) is 12.9. The van der Waals surface area contributed by atoms with E-state index in [9.17, 15) is 37.5 Å². The van der Waals surface area contributed by atoms with Crippen LogP contribution in [0.15, 0.2) is 91.0 Å². The van der Waals surface area contributed by atoms with E-state index in [4.69, 9.17) is 9.47 Å². The first kappa shape index (κ1) is 36.4. The van der Waals surface area contributed by atoms with E-state index >= 15 is 0 Å². The number of carbonyl (C=O) groups excluding carboxylic acids is 3. The van der Waals surface area contributed by atoms with E-state index in [0.29, 0.717) is 11.1 Å². The number of ether oxygens (including phenoxy) is 2. The number of esters is 1. The van der Waals surface area contributed by atoms with Gasteiger partial charge in [-0.2, -0.15) is 13.2 Å². The van der Waals surface area contributed by atoms with Crippen LogP contribution in [-0.2, 0) is 28.7 Å². The van der Waals surface area contributed by atoms with Crippen molar-refractivity contribution in [1.82, 2.24) is 4.90 Å². The lowest BCUT2D eigenvalue weighted by Gasteiger charge is -2.29. The number of nitrogens with one attached hydrogen (secondary N) is 1. The van der Waals surface area contributed by atoms with Crippen LogP contribution in [0.2, 0.25) is 0 Å². The third-order valence-electron chi connectivity index (χ3n) is 8.31. The van der Waals surface area contributed by atoms with Gasteiger partial charge in [-0.05, 0) is 97.1 Å². The molecule has 2 N–H and O–H groups in total. The minimum atomic E-state index is -4.69. The van der Waals surface area contributed by atoms with Gasteiger partial charge in [-0.1, -0.05) is 24.3 Å². The number of halogens is 3. The molecule has 0 unspecified atom stereocenters. The zero-order valence-electron chi connectivity index (χ0n) is 27.7. The number of benzene rings is 4. The van der Waals surface area contributed by atoms with Crippen molar-refractivity contribution in [2.75, 3.05) is 37.0 Å². The Kier molecular flexibility index (Phi) is 11.6. The van der Waals surface area contributed by atoms with Gasteiger partial charge in [-0.25, -0.2) is 4.79 Å². The molecule has 0 bridgehead atoms. The molecule has 1 aliphatic heterocycles. The number of carboxylic acid groups (broad SMARTS) is 1. The SMILES string of the molecule is COc1ccc(CC(=O)Nc2ccc(C(=O)N(CC(=O)O)Cc3ccc(OC(=O)c4cccc(N5CCCCC5)c4)cc3)cc2)c(C(F)(F)F)c1. The second-order valence-electron chi connectivity index (χ2n) is 12.0. The molecule has 0 spiro atoms. The molecule has 0 aromatic heterocycles. The van der Waals surface area contributed by atoms with E-state index in [1.807, 2.05) is 18.2 Å². The third-order valence-corrected chi connectivity index (χ3v) is 8.31. The van der Waals surface area contributed by atoms with Crippen molar-refractivity contribution in [2.24, 2.45) is 0 Å². The topological polar surface area (TPSA) is 125 Å². The van der Waals surface area contributed by atoms with Gasteiger partial charge < -0.3 is 29.7 Å². The first-order chi connectivity index (χ1) is 24.4. The van der Waals surface area contributed by atoms with E-state index in [2.05, 4.69) is 10.2 Å². The summed E-state index contributed by atoms with van der Waals surface area (Å²) in [6, 6.07) is 22.6. The predicted octanol–water partition coefficient (Wildman–Crippen LogP) is 6.83. The van der Waals surface area contributed by atoms with Crippen molar-refractivity contribution in [3.63, 3.8) is 0 Å². The van der Waals surface area contributed by atoms with E-state index in [1.165, 1.54) is 49.9 Å². The molecular weight excluding hydrogens is 667 g/mol. The summed E-state index contributed by atoms with van der Waals surface area (Å²) in [7, 11) is 1.24. The fourth-order valence-electron chi connectivity index (χ4n) is 5.75. The van der Waals surface area contributed by atoms with Gasteiger partial charge in [-0.15, -0.1) is 0 Å². The molecular formula is C38H36F3N3O7. The van der Waals surface area contributed by atoms with Crippen LogP contribution in [-0.4, -0.2) is 60.5 Å². The third kappa shape index (κ3) is 9.87. The molecule has 13 heteroatoms. The molecule has 0 saturated carbocycles. The van der Waals surface area contributed by atoms with Crippen LogP contribution in [0, 0.1) is 0 Å². The molecule has 1 saturated heterocycles. The summed E-state index contributed by atoms with van der Waals surface area (Å²) in [6.07, 6.45) is -1.85. The Balaban J connectivity index is 1.20. The number of aliphatic carboxylic acids is 1. The highest BCUT2D eigenvalue weighted by molar-refractivity contribution is 5.97. The van der Waals surface area contributed by atoms with Crippen molar-refractivity contribution in [3.8, 4) is 11.5 Å². The van der Waals surface area contributed by atoms with E-state index in [1.54, 1.807) is 30.3 Å². The van der Waals surface area contributed by atoms with Gasteiger partial charge in [0, 0.05) is 36.6 Å². The zero-order valence-corrected chi connectivity index (χ0v) is 27.7. The summed E-state index contributed by atoms with van der Waals surface area (Å²) >= 11 is 0. The van der Waals surface area contributed by atoms with Gasteiger partial charge in [0.2, 0.25) is 5.91 Å². The van der Waals surface area contributed by atoms with Crippen molar-refractivity contribution < 1.29 is 46.9 Å². The first-order valence-electron chi connectivity index (χ1n) is 16.2. The molecule has 5 rings (SSSR count). The number of hydrogen-bond donors (Lipinski definition) is 2. The summed E-state index contributed by atoms with van der Waals surface area (Å²) in [5.41, 5.74) is 1.10. The van der Waals surface area contributed by atoms with Gasteiger partial charge in [0.05, 0.1) is 24.7 Å². The predicted molar refractivity (Wildman–Crippen MR) is 183 cm³/mol. The molecule has 1 aliphatic rings. The van der Waals surface area contributed by atoms with Crippen LogP contribution >= 0.6 is 0 Å². The zero-order chi connectivity index (χ0) is 36.5. The monoisotopic (exact) mass is 703 g/mol. The highest BCUT2D eigenvalue weighted by Gasteiger charge is 2.34. The van der Waals surface area contributed by atoms with Crippen molar-refractivity contribution >= 4 is 35.1 Å². The average Bonchev–Trinajstić information content (AvgIpc) is 3.12. The maximum Gasteiger partial charge on any atom is 0.416 e. The number of hydrogen-bond acceptors (Lipinski definition) is 7. The highest BCUT2D eigenvalue weighted by atomic mass is 19.4. The van der Waals surface area contributed by atoms with Crippen LogP contribution < -0.4 is 19.7 Å². The van der Waals surface area contributed by atoms with Crippen LogP contribution in [0.25, 0.3) is 0 Å². The standard InChI is InChI=1S/C38H36F3N3O7/c1-50-32-17-12-27(33(22-32)38(39,40)41)21-34(45)42-29-13-10-26(11-14-29)36(48)44(24-35(46)47)23-25-8-15-31(16-9-25)51-37(49)28-6-5-7-30(20-28)43-18-3-2-4-19-43/h5-17,20,22H,2-4,18-19,21,23-24H2,1H3,(H,42,45)(H,46,47). The molecule has 266 valence electrons. The van der Waals surface area contributed by atoms with Gasteiger partial charge in [0.15, 0.2) is 0 Å². The second kappa shape index (κ2) is 16.2. The lowest BCUT2D eigenvalue weighted by molar-refractivity contribution is -0.139. The molecule has 1 fully saturated rings. The molecule has 4 aromatic rings. The van der Waals surface area contributed by atoms with Crippen LogP contribution in [0.5, 0.6) is 11.5 Å². The quantitative estimate of drug-likeness (QED) is 0.122. The Morgan fingerprint density at radius 2 is 1.53 bits per heavy atom. The summed E-state index contributed by atoms with van der Waals surface area (Å²) in [6.45, 7) is 1.20.